The van der Waals surface area contributed by atoms with Gasteiger partial charge in [-0.25, -0.2) is 0 Å². The summed E-state index contributed by atoms with van der Waals surface area (Å²) in [5.74, 6) is -5.87. The van der Waals surface area contributed by atoms with Gasteiger partial charge in [-0.2, -0.15) is 0 Å². The molecule has 15 heteroatoms. The summed E-state index contributed by atoms with van der Waals surface area (Å²) in [5.41, 5.74) is 10.4. The van der Waals surface area contributed by atoms with Crippen LogP contribution in [0.4, 0.5) is 0 Å². The van der Waals surface area contributed by atoms with Crippen LogP contribution in [0.2, 0.25) is 0 Å². The van der Waals surface area contributed by atoms with Crippen molar-refractivity contribution in [2.75, 3.05) is 19.6 Å². The molecule has 15 nitrogen and oxygen atoms in total. The Morgan fingerprint density at radius 2 is 1.41 bits per heavy atom. The fourth-order valence-electron chi connectivity index (χ4n) is 2.27. The summed E-state index contributed by atoms with van der Waals surface area (Å²) in [5, 5.41) is 26.3. The van der Waals surface area contributed by atoms with Crippen molar-refractivity contribution in [2.24, 2.45) is 16.5 Å². The average molecular weight is 459 g/mol. The molecule has 4 amide bonds. The smallest absolute Gasteiger partial charge is 0.322 e. The van der Waals surface area contributed by atoms with Crippen LogP contribution in [0.15, 0.2) is 4.99 Å². The van der Waals surface area contributed by atoms with Crippen LogP contribution in [0.5, 0.6) is 0 Å². The van der Waals surface area contributed by atoms with Crippen molar-refractivity contribution in [3.8, 4) is 0 Å². The van der Waals surface area contributed by atoms with Gasteiger partial charge in [0.2, 0.25) is 23.6 Å². The normalized spacial score (nSPS) is 11.9. The molecule has 2 atom stereocenters. The molecule has 0 rings (SSSR count). The van der Waals surface area contributed by atoms with E-state index in [1.54, 1.807) is 6.92 Å². The number of guanidine groups is 1. The number of carboxylic acid groups (broad SMARTS) is 2. The summed E-state index contributed by atoms with van der Waals surface area (Å²) < 4.78 is 0. The standard InChI is InChI=1S/C17H29N7O8/c1-2-11(25)23-9(4-3-5-20-17(18)19)15(31)21-7-12(26)24-10(6-13(27)28)16(32)22-8-14(29)30/h9-10H,2-8H2,1H3,(H,21,31)(H,22,32)(H,23,25)(H,24,26)(H,27,28)(H,29,30)(H4,18,19,20)/t9?,10-/m0/s1. The van der Waals surface area contributed by atoms with Gasteiger partial charge in [0.05, 0.1) is 13.0 Å². The SMILES string of the molecule is CCC(=O)NC(CCCN=C(N)N)C(=O)NCC(=O)N[C@@H](CC(=O)O)C(=O)NCC(=O)O. The van der Waals surface area contributed by atoms with E-state index in [-0.39, 0.29) is 25.3 Å². The van der Waals surface area contributed by atoms with Crippen LogP contribution in [-0.4, -0.2) is 83.5 Å². The maximum absolute atomic E-state index is 12.4. The minimum atomic E-state index is -1.55. The van der Waals surface area contributed by atoms with E-state index in [1.165, 1.54) is 0 Å². The Kier molecular flexibility index (Phi) is 13.1. The first-order valence-corrected chi connectivity index (χ1v) is 9.59. The third-order valence-electron chi connectivity index (χ3n) is 3.79. The van der Waals surface area contributed by atoms with Crippen LogP contribution in [0, 0.1) is 0 Å². The van der Waals surface area contributed by atoms with Gasteiger partial charge in [0.1, 0.15) is 18.6 Å². The molecule has 0 aliphatic heterocycles. The molecule has 0 aromatic carbocycles. The van der Waals surface area contributed by atoms with Gasteiger partial charge in [-0.3, -0.25) is 33.8 Å². The highest BCUT2D eigenvalue weighted by molar-refractivity contribution is 5.94. The van der Waals surface area contributed by atoms with Crippen LogP contribution in [0.3, 0.4) is 0 Å². The highest BCUT2D eigenvalue weighted by Gasteiger charge is 2.25. The summed E-state index contributed by atoms with van der Waals surface area (Å²) >= 11 is 0. The molecule has 0 aromatic heterocycles. The first kappa shape index (κ1) is 28.1. The molecule has 32 heavy (non-hydrogen) atoms. The molecule has 0 heterocycles. The zero-order valence-corrected chi connectivity index (χ0v) is 17.6. The van der Waals surface area contributed by atoms with E-state index >= 15 is 0 Å². The molecular formula is C17H29N7O8. The molecule has 0 aliphatic carbocycles. The molecule has 10 N–H and O–H groups in total. The lowest BCUT2D eigenvalue weighted by atomic mass is 10.1. The molecule has 1 unspecified atom stereocenters. The minimum Gasteiger partial charge on any atom is -0.481 e. The monoisotopic (exact) mass is 459 g/mol. The number of rotatable bonds is 15. The fraction of sp³-hybridized carbons (Fsp3) is 0.588. The molecule has 0 aromatic rings. The lowest BCUT2D eigenvalue weighted by Crippen LogP contribution is -2.53. The van der Waals surface area contributed by atoms with Crippen LogP contribution >= 0.6 is 0 Å². The largest absolute Gasteiger partial charge is 0.481 e. The Morgan fingerprint density at radius 1 is 0.844 bits per heavy atom. The topological polar surface area (TPSA) is 255 Å². The van der Waals surface area contributed by atoms with Gasteiger partial charge in [-0.05, 0) is 12.8 Å². The second-order valence-corrected chi connectivity index (χ2v) is 6.47. The number of nitrogens with two attached hydrogens (primary N) is 2. The van der Waals surface area contributed by atoms with Crippen LogP contribution in [-0.2, 0) is 28.8 Å². The van der Waals surface area contributed by atoms with Crippen LogP contribution in [0.25, 0.3) is 0 Å². The number of nitrogens with one attached hydrogen (secondary N) is 4. The van der Waals surface area contributed by atoms with Crippen LogP contribution in [0.1, 0.15) is 32.6 Å². The fourth-order valence-corrected chi connectivity index (χ4v) is 2.27. The molecule has 0 bridgehead atoms. The summed E-state index contributed by atoms with van der Waals surface area (Å²) in [6, 6.07) is -2.52. The molecule has 0 saturated carbocycles. The van der Waals surface area contributed by atoms with Crippen molar-refractivity contribution in [3.05, 3.63) is 0 Å². The van der Waals surface area contributed by atoms with E-state index in [0.717, 1.165) is 0 Å². The van der Waals surface area contributed by atoms with Gasteiger partial charge in [0, 0.05) is 13.0 Å². The lowest BCUT2D eigenvalue weighted by Gasteiger charge is -2.19. The van der Waals surface area contributed by atoms with Crippen molar-refractivity contribution in [1.29, 1.82) is 0 Å². The second kappa shape index (κ2) is 15.0. The van der Waals surface area contributed by atoms with Crippen molar-refractivity contribution in [3.63, 3.8) is 0 Å². The van der Waals surface area contributed by atoms with Crippen LogP contribution < -0.4 is 32.7 Å². The summed E-state index contributed by atoms with van der Waals surface area (Å²) in [7, 11) is 0. The number of carboxylic acids is 2. The molecule has 0 saturated heterocycles. The van der Waals surface area contributed by atoms with E-state index in [1.807, 2.05) is 5.32 Å². The van der Waals surface area contributed by atoms with E-state index in [2.05, 4.69) is 20.9 Å². The van der Waals surface area contributed by atoms with Gasteiger partial charge in [0.25, 0.3) is 0 Å². The Balaban J connectivity index is 4.89. The molecule has 0 spiro atoms. The van der Waals surface area contributed by atoms with Gasteiger partial charge >= 0.3 is 11.9 Å². The van der Waals surface area contributed by atoms with Gasteiger partial charge in [-0.1, -0.05) is 6.92 Å². The quantitative estimate of drug-likeness (QED) is 0.0673. The van der Waals surface area contributed by atoms with Gasteiger partial charge in [-0.15, -0.1) is 0 Å². The van der Waals surface area contributed by atoms with E-state index in [9.17, 15) is 28.8 Å². The Bertz CT molecular complexity index is 736. The predicted octanol–water partition coefficient (Wildman–Crippen LogP) is -3.79. The van der Waals surface area contributed by atoms with E-state index in [0.29, 0.717) is 6.42 Å². The highest BCUT2D eigenvalue weighted by atomic mass is 16.4. The number of nitrogens with zero attached hydrogens (tertiary/aromatic N) is 1. The Hall–Kier alpha value is -3.91. The Morgan fingerprint density at radius 3 is 1.94 bits per heavy atom. The Labute approximate surface area is 183 Å². The number of aliphatic imine (C=N–C) groups is 1. The second-order valence-electron chi connectivity index (χ2n) is 6.47. The number of hydrogen-bond acceptors (Lipinski definition) is 7. The molecular weight excluding hydrogens is 430 g/mol. The minimum absolute atomic E-state index is 0.122. The number of aliphatic carboxylic acids is 2. The third kappa shape index (κ3) is 13.3. The molecule has 180 valence electrons. The summed E-state index contributed by atoms with van der Waals surface area (Å²) in [6.45, 7) is 0.430. The van der Waals surface area contributed by atoms with Crippen molar-refractivity contribution < 1.29 is 39.0 Å². The lowest BCUT2D eigenvalue weighted by molar-refractivity contribution is -0.141. The predicted molar refractivity (Wildman–Crippen MR) is 110 cm³/mol. The molecule has 0 aliphatic rings. The third-order valence-corrected chi connectivity index (χ3v) is 3.79. The van der Waals surface area contributed by atoms with Gasteiger partial charge < -0.3 is 42.9 Å². The number of carbonyl (C=O) groups is 6. The van der Waals surface area contributed by atoms with Crippen molar-refractivity contribution in [1.82, 2.24) is 21.3 Å². The number of carbonyl (C=O) groups excluding carboxylic acids is 4. The summed E-state index contributed by atoms with van der Waals surface area (Å²) in [4.78, 5) is 73.2. The zero-order chi connectivity index (χ0) is 24.7. The van der Waals surface area contributed by atoms with E-state index in [4.69, 9.17) is 21.7 Å². The van der Waals surface area contributed by atoms with E-state index < -0.39 is 67.2 Å². The highest BCUT2D eigenvalue weighted by Crippen LogP contribution is 2.00. The zero-order valence-electron chi connectivity index (χ0n) is 17.6. The first-order valence-electron chi connectivity index (χ1n) is 9.59. The van der Waals surface area contributed by atoms with Gasteiger partial charge in [0.15, 0.2) is 5.96 Å². The summed E-state index contributed by atoms with van der Waals surface area (Å²) in [6.07, 6.45) is -0.141. The van der Waals surface area contributed by atoms with Crippen molar-refractivity contribution >= 4 is 41.5 Å². The average Bonchev–Trinajstić information content (AvgIpc) is 2.71. The number of hydrogen-bond donors (Lipinski definition) is 8. The molecule has 0 fully saturated rings. The maximum Gasteiger partial charge on any atom is 0.322 e. The number of amides is 4. The van der Waals surface area contributed by atoms with Crippen molar-refractivity contribution in [2.45, 2.75) is 44.7 Å². The maximum atomic E-state index is 12.4. The first-order chi connectivity index (χ1) is 15.0. The molecule has 0 radical (unpaired) electrons.